The Balaban J connectivity index is 1.31. The molecule has 1 fully saturated rings. The first-order valence-corrected chi connectivity index (χ1v) is 11.2. The molecule has 3 aromatic rings. The van der Waals surface area contributed by atoms with Crippen molar-refractivity contribution in [1.82, 2.24) is 4.90 Å². The van der Waals surface area contributed by atoms with Gasteiger partial charge in [-0.1, -0.05) is 42.0 Å². The average Bonchev–Trinajstić information content (AvgIpc) is 2.84. The molecule has 6 heteroatoms. The Labute approximate surface area is 194 Å². The molecule has 0 aliphatic carbocycles. The predicted octanol–water partition coefficient (Wildman–Crippen LogP) is 4.15. The fourth-order valence-electron chi connectivity index (χ4n) is 4.11. The first-order valence-electron chi connectivity index (χ1n) is 11.2. The van der Waals surface area contributed by atoms with Crippen LogP contribution in [0.3, 0.4) is 0 Å². The summed E-state index contributed by atoms with van der Waals surface area (Å²) in [5, 5.41) is 2.92. The van der Waals surface area contributed by atoms with E-state index in [1.54, 1.807) is 19.2 Å². The summed E-state index contributed by atoms with van der Waals surface area (Å²) in [7, 11) is 1.55. The largest absolute Gasteiger partial charge is 0.496 e. The highest BCUT2D eigenvalue weighted by Crippen LogP contribution is 2.22. The van der Waals surface area contributed by atoms with Crippen molar-refractivity contribution < 1.29 is 14.3 Å². The summed E-state index contributed by atoms with van der Waals surface area (Å²) in [4.78, 5) is 29.5. The van der Waals surface area contributed by atoms with Crippen LogP contribution in [0, 0.1) is 6.92 Å². The van der Waals surface area contributed by atoms with Crippen molar-refractivity contribution in [2.75, 3.05) is 43.5 Å². The number of piperazine rings is 1. The van der Waals surface area contributed by atoms with E-state index in [0.29, 0.717) is 30.8 Å². The first kappa shape index (κ1) is 22.4. The number of hydrogen-bond donors (Lipinski definition) is 1. The average molecular weight is 444 g/mol. The second-order valence-electron chi connectivity index (χ2n) is 8.23. The maximum atomic E-state index is 12.7. The lowest BCUT2D eigenvalue weighted by molar-refractivity contribution is -0.130. The van der Waals surface area contributed by atoms with Gasteiger partial charge in [0.2, 0.25) is 5.91 Å². The molecule has 1 heterocycles. The molecule has 0 bridgehead atoms. The molecule has 0 spiro atoms. The van der Waals surface area contributed by atoms with E-state index in [1.807, 2.05) is 66.4 Å². The number of anilines is 2. The third-order valence-electron chi connectivity index (χ3n) is 5.91. The standard InChI is InChI=1S/C27H29N3O3/c1-20-6-5-7-21(18-20)19-26(31)30-16-14-29(15-17-30)23-12-10-22(11-13-23)28-27(32)24-8-3-4-9-25(24)33-2/h3-13,18H,14-17,19H2,1-2H3,(H,28,32). The highest BCUT2D eigenvalue weighted by atomic mass is 16.5. The molecule has 0 atom stereocenters. The smallest absolute Gasteiger partial charge is 0.259 e. The molecule has 4 rings (SSSR count). The number of rotatable bonds is 6. The Morgan fingerprint density at radius 2 is 1.64 bits per heavy atom. The lowest BCUT2D eigenvalue weighted by Gasteiger charge is -2.36. The van der Waals surface area contributed by atoms with E-state index in [9.17, 15) is 9.59 Å². The van der Waals surface area contributed by atoms with E-state index in [2.05, 4.69) is 16.3 Å². The third kappa shape index (κ3) is 5.52. The minimum absolute atomic E-state index is 0.176. The lowest BCUT2D eigenvalue weighted by atomic mass is 10.1. The topological polar surface area (TPSA) is 61.9 Å². The zero-order valence-corrected chi connectivity index (χ0v) is 19.1. The number of methoxy groups -OCH3 is 1. The number of nitrogens with one attached hydrogen (secondary N) is 1. The van der Waals surface area contributed by atoms with Crippen LogP contribution in [-0.4, -0.2) is 50.0 Å². The summed E-state index contributed by atoms with van der Waals surface area (Å²) < 4.78 is 5.27. The van der Waals surface area contributed by atoms with Crippen LogP contribution in [-0.2, 0) is 11.2 Å². The van der Waals surface area contributed by atoms with E-state index in [0.717, 1.165) is 30.0 Å². The molecule has 1 N–H and O–H groups in total. The number of benzene rings is 3. The van der Waals surface area contributed by atoms with Crippen LogP contribution in [0.5, 0.6) is 5.75 Å². The van der Waals surface area contributed by atoms with E-state index in [-0.39, 0.29) is 11.8 Å². The number of amides is 2. The maximum Gasteiger partial charge on any atom is 0.259 e. The second kappa shape index (κ2) is 10.2. The zero-order chi connectivity index (χ0) is 23.2. The third-order valence-corrected chi connectivity index (χ3v) is 5.91. The Kier molecular flexibility index (Phi) is 6.93. The van der Waals surface area contributed by atoms with Gasteiger partial charge < -0.3 is 19.9 Å². The van der Waals surface area contributed by atoms with Gasteiger partial charge >= 0.3 is 0 Å². The van der Waals surface area contributed by atoms with Crippen LogP contribution in [0.15, 0.2) is 72.8 Å². The molecule has 2 amide bonds. The number of carbonyl (C=O) groups is 2. The highest BCUT2D eigenvalue weighted by Gasteiger charge is 2.21. The SMILES string of the molecule is COc1ccccc1C(=O)Nc1ccc(N2CCN(C(=O)Cc3cccc(C)c3)CC2)cc1. The van der Waals surface area contributed by atoms with Gasteiger partial charge in [0, 0.05) is 37.6 Å². The minimum Gasteiger partial charge on any atom is -0.496 e. The van der Waals surface area contributed by atoms with Crippen molar-refractivity contribution in [3.05, 3.63) is 89.5 Å². The molecular formula is C27H29N3O3. The molecule has 170 valence electrons. The van der Waals surface area contributed by atoms with Crippen LogP contribution in [0.1, 0.15) is 21.5 Å². The summed E-state index contributed by atoms with van der Waals surface area (Å²) in [6.07, 6.45) is 0.447. The highest BCUT2D eigenvalue weighted by molar-refractivity contribution is 6.06. The zero-order valence-electron chi connectivity index (χ0n) is 19.1. The van der Waals surface area contributed by atoms with Gasteiger partial charge in [-0.15, -0.1) is 0 Å². The van der Waals surface area contributed by atoms with Gasteiger partial charge in [0.1, 0.15) is 5.75 Å². The number of aryl methyl sites for hydroxylation is 1. The first-order chi connectivity index (χ1) is 16.0. The molecule has 0 radical (unpaired) electrons. The van der Waals surface area contributed by atoms with Gasteiger partial charge in [-0.05, 0) is 48.9 Å². The molecule has 0 aromatic heterocycles. The van der Waals surface area contributed by atoms with E-state index < -0.39 is 0 Å². The van der Waals surface area contributed by atoms with Gasteiger partial charge in [0.05, 0.1) is 19.1 Å². The summed E-state index contributed by atoms with van der Waals surface area (Å²) in [5.74, 6) is 0.511. The number of para-hydroxylation sites is 1. The normalized spacial score (nSPS) is 13.5. The molecule has 6 nitrogen and oxygen atoms in total. The summed E-state index contributed by atoms with van der Waals surface area (Å²) in [6, 6.07) is 23.1. The molecular weight excluding hydrogens is 414 g/mol. The van der Waals surface area contributed by atoms with Crippen LogP contribution < -0.4 is 15.0 Å². The van der Waals surface area contributed by atoms with Crippen LogP contribution in [0.4, 0.5) is 11.4 Å². The Morgan fingerprint density at radius 3 is 2.33 bits per heavy atom. The Bertz CT molecular complexity index is 1120. The number of hydrogen-bond acceptors (Lipinski definition) is 4. The van der Waals surface area contributed by atoms with E-state index in [1.165, 1.54) is 5.56 Å². The molecule has 1 aliphatic heterocycles. The quantitative estimate of drug-likeness (QED) is 0.622. The van der Waals surface area contributed by atoms with Crippen molar-refractivity contribution in [2.24, 2.45) is 0 Å². The molecule has 3 aromatic carbocycles. The molecule has 33 heavy (non-hydrogen) atoms. The van der Waals surface area contributed by atoms with E-state index in [4.69, 9.17) is 4.74 Å². The van der Waals surface area contributed by atoms with Gasteiger partial charge in [0.15, 0.2) is 0 Å². The van der Waals surface area contributed by atoms with Crippen LogP contribution in [0.2, 0.25) is 0 Å². The van der Waals surface area contributed by atoms with Gasteiger partial charge in [-0.3, -0.25) is 9.59 Å². The monoisotopic (exact) mass is 443 g/mol. The molecule has 1 aliphatic rings. The minimum atomic E-state index is -0.207. The van der Waals surface area contributed by atoms with E-state index >= 15 is 0 Å². The van der Waals surface area contributed by atoms with Gasteiger partial charge in [-0.25, -0.2) is 0 Å². The Hall–Kier alpha value is -3.80. The lowest BCUT2D eigenvalue weighted by Crippen LogP contribution is -2.49. The second-order valence-corrected chi connectivity index (χ2v) is 8.23. The van der Waals surface area contributed by atoms with Gasteiger partial charge in [-0.2, -0.15) is 0 Å². The van der Waals surface area contributed by atoms with Crippen LogP contribution >= 0.6 is 0 Å². The van der Waals surface area contributed by atoms with Crippen molar-refractivity contribution in [3.8, 4) is 5.75 Å². The Morgan fingerprint density at radius 1 is 0.909 bits per heavy atom. The summed E-state index contributed by atoms with van der Waals surface area (Å²) >= 11 is 0. The fraction of sp³-hybridized carbons (Fsp3) is 0.259. The number of ether oxygens (including phenoxy) is 1. The molecule has 0 unspecified atom stereocenters. The number of nitrogens with zero attached hydrogens (tertiary/aromatic N) is 2. The number of carbonyl (C=O) groups excluding carboxylic acids is 2. The summed E-state index contributed by atoms with van der Waals surface area (Å²) in [6.45, 7) is 5.02. The van der Waals surface area contributed by atoms with Crippen molar-refractivity contribution in [2.45, 2.75) is 13.3 Å². The predicted molar refractivity (Wildman–Crippen MR) is 131 cm³/mol. The van der Waals surface area contributed by atoms with Gasteiger partial charge in [0.25, 0.3) is 5.91 Å². The van der Waals surface area contributed by atoms with Crippen LogP contribution in [0.25, 0.3) is 0 Å². The van der Waals surface area contributed by atoms with Crippen molar-refractivity contribution in [1.29, 1.82) is 0 Å². The molecule has 1 saturated heterocycles. The van der Waals surface area contributed by atoms with Crippen molar-refractivity contribution >= 4 is 23.2 Å². The van der Waals surface area contributed by atoms with Crippen molar-refractivity contribution in [3.63, 3.8) is 0 Å². The summed E-state index contributed by atoms with van der Waals surface area (Å²) in [5.41, 5.74) is 4.54. The maximum absolute atomic E-state index is 12.7. The fourth-order valence-corrected chi connectivity index (χ4v) is 4.11. The molecule has 0 saturated carbocycles.